The molecule has 5 nitrogen and oxygen atoms in total. The topological polar surface area (TPSA) is 66.6 Å². The van der Waals surface area contributed by atoms with Crippen LogP contribution in [-0.2, 0) is 4.74 Å². The van der Waals surface area contributed by atoms with Gasteiger partial charge in [0.25, 0.3) is 0 Å². The van der Waals surface area contributed by atoms with Crippen LogP contribution in [0.3, 0.4) is 0 Å². The third-order valence-electron chi connectivity index (χ3n) is 4.49. The maximum atomic E-state index is 6.32. The molecule has 144 valence electrons. The van der Waals surface area contributed by atoms with E-state index >= 15 is 0 Å². The highest BCUT2D eigenvalue weighted by Crippen LogP contribution is 2.39. The molecule has 0 amide bonds. The number of pyridine rings is 1. The largest absolute Gasteiger partial charge is 0.490 e. The van der Waals surface area contributed by atoms with Crippen LogP contribution in [0.25, 0.3) is 0 Å². The molecule has 1 saturated carbocycles. The van der Waals surface area contributed by atoms with Crippen molar-refractivity contribution in [1.29, 1.82) is 0 Å². The fraction of sp³-hybridized carbons (Fsp3) is 0.737. The van der Waals surface area contributed by atoms with Gasteiger partial charge in [-0.15, -0.1) is 0 Å². The molecule has 0 spiro atoms. The van der Waals surface area contributed by atoms with Crippen molar-refractivity contribution in [2.24, 2.45) is 11.1 Å². The van der Waals surface area contributed by atoms with Crippen LogP contribution in [-0.4, -0.2) is 37.5 Å². The van der Waals surface area contributed by atoms with E-state index in [4.69, 9.17) is 31.5 Å². The molecule has 6 heteroatoms. The van der Waals surface area contributed by atoms with Crippen LogP contribution in [0.15, 0.2) is 6.07 Å². The van der Waals surface area contributed by atoms with Gasteiger partial charge < -0.3 is 19.9 Å². The monoisotopic (exact) mass is 372 g/mol. The van der Waals surface area contributed by atoms with Gasteiger partial charge in [0, 0.05) is 32.2 Å². The summed E-state index contributed by atoms with van der Waals surface area (Å²) in [6.07, 6.45) is 2.78. The molecule has 2 rings (SSSR count). The molecular weight excluding hydrogens is 340 g/mol. The van der Waals surface area contributed by atoms with E-state index in [1.165, 1.54) is 0 Å². The Morgan fingerprint density at radius 3 is 2.52 bits per heavy atom. The second kappa shape index (κ2) is 10.2. The Morgan fingerprint density at radius 2 is 1.96 bits per heavy atom. The molecule has 0 aliphatic heterocycles. The van der Waals surface area contributed by atoms with Crippen LogP contribution in [0.5, 0.6) is 11.5 Å². The molecular formula is C19H33ClN2O3. The molecule has 1 heterocycles. The van der Waals surface area contributed by atoms with Gasteiger partial charge in [-0.1, -0.05) is 39.3 Å². The SMILES string of the molecule is CC.COCCCOc1cc(OC2CCC(C)(C)C2N)c(C)nc1Cl. The fourth-order valence-electron chi connectivity index (χ4n) is 2.81. The highest BCUT2D eigenvalue weighted by molar-refractivity contribution is 6.30. The molecule has 2 unspecified atom stereocenters. The number of methoxy groups -OCH3 is 1. The molecule has 2 atom stereocenters. The number of halogens is 1. The van der Waals surface area contributed by atoms with Crippen molar-refractivity contribution in [3.8, 4) is 11.5 Å². The molecule has 2 N–H and O–H groups in total. The third kappa shape index (κ3) is 6.01. The van der Waals surface area contributed by atoms with E-state index in [0.29, 0.717) is 29.9 Å². The van der Waals surface area contributed by atoms with Gasteiger partial charge in [0.2, 0.25) is 0 Å². The van der Waals surface area contributed by atoms with Crippen molar-refractivity contribution >= 4 is 11.6 Å². The summed E-state index contributed by atoms with van der Waals surface area (Å²) in [7, 11) is 1.67. The highest BCUT2D eigenvalue weighted by Gasteiger charge is 2.41. The average molecular weight is 373 g/mol. The standard InChI is InChI=1S/C17H27ClN2O3.C2H6/c1-11-13(23-12-6-7-17(2,3)15(12)19)10-14(16(18)20-11)22-9-5-8-21-4;1-2/h10,12,15H,5-9,19H2,1-4H3;1-2H3. The molecule has 1 aromatic heterocycles. The summed E-state index contributed by atoms with van der Waals surface area (Å²) in [6.45, 7) is 11.4. The van der Waals surface area contributed by atoms with Crippen molar-refractivity contribution in [1.82, 2.24) is 4.98 Å². The first-order valence-corrected chi connectivity index (χ1v) is 9.44. The second-order valence-corrected chi connectivity index (χ2v) is 7.12. The predicted octanol–water partition coefficient (Wildman–Crippen LogP) is 4.38. The van der Waals surface area contributed by atoms with E-state index in [0.717, 1.165) is 25.0 Å². The Bertz CT molecular complexity index is 538. The summed E-state index contributed by atoms with van der Waals surface area (Å²) in [5.74, 6) is 1.23. The number of rotatable bonds is 7. The maximum Gasteiger partial charge on any atom is 0.171 e. The van der Waals surface area contributed by atoms with Crippen LogP contribution in [0.1, 0.15) is 52.7 Å². The third-order valence-corrected chi connectivity index (χ3v) is 4.76. The predicted molar refractivity (Wildman–Crippen MR) is 103 cm³/mol. The van der Waals surface area contributed by atoms with Gasteiger partial charge in [0.1, 0.15) is 11.9 Å². The van der Waals surface area contributed by atoms with Gasteiger partial charge in [0.05, 0.1) is 12.3 Å². The number of hydrogen-bond donors (Lipinski definition) is 1. The molecule has 25 heavy (non-hydrogen) atoms. The molecule has 1 aliphatic rings. The van der Waals surface area contributed by atoms with E-state index in [1.54, 1.807) is 7.11 Å². The Labute approximate surface area is 157 Å². The van der Waals surface area contributed by atoms with E-state index in [9.17, 15) is 0 Å². The summed E-state index contributed by atoms with van der Waals surface area (Å²) in [5.41, 5.74) is 7.16. The van der Waals surface area contributed by atoms with Crippen molar-refractivity contribution in [2.75, 3.05) is 20.3 Å². The van der Waals surface area contributed by atoms with E-state index < -0.39 is 0 Å². The summed E-state index contributed by atoms with van der Waals surface area (Å²) < 4.78 is 16.8. The van der Waals surface area contributed by atoms with E-state index in [-0.39, 0.29) is 17.6 Å². The molecule has 0 bridgehead atoms. The van der Waals surface area contributed by atoms with Gasteiger partial charge in [-0.3, -0.25) is 0 Å². The molecule has 0 saturated heterocycles. The lowest BCUT2D eigenvalue weighted by Crippen LogP contribution is -2.42. The van der Waals surface area contributed by atoms with Gasteiger partial charge in [0.15, 0.2) is 10.9 Å². The first-order chi connectivity index (χ1) is 11.8. The Hall–Kier alpha value is -1.04. The van der Waals surface area contributed by atoms with Crippen molar-refractivity contribution < 1.29 is 14.2 Å². The first kappa shape index (κ1) is 22.0. The minimum absolute atomic E-state index is 0.00338. The number of aryl methyl sites for hydroxylation is 1. The zero-order valence-corrected chi connectivity index (χ0v) is 17.2. The summed E-state index contributed by atoms with van der Waals surface area (Å²) >= 11 is 6.16. The number of nitrogens with two attached hydrogens (primary N) is 1. The van der Waals surface area contributed by atoms with E-state index in [2.05, 4.69) is 18.8 Å². The molecule has 1 aliphatic carbocycles. The lowest BCUT2D eigenvalue weighted by molar-refractivity contribution is 0.160. The van der Waals surface area contributed by atoms with Crippen LogP contribution in [0, 0.1) is 12.3 Å². The Balaban J connectivity index is 0.00000151. The molecule has 1 fully saturated rings. The highest BCUT2D eigenvalue weighted by atomic mass is 35.5. The lowest BCUT2D eigenvalue weighted by Gasteiger charge is -2.27. The molecule has 0 radical (unpaired) electrons. The summed E-state index contributed by atoms with van der Waals surface area (Å²) in [5, 5.41) is 0.350. The zero-order valence-electron chi connectivity index (χ0n) is 16.4. The van der Waals surface area contributed by atoms with Gasteiger partial charge in [-0.25, -0.2) is 4.98 Å². The van der Waals surface area contributed by atoms with Crippen LogP contribution in [0.4, 0.5) is 0 Å². The Morgan fingerprint density at radius 1 is 1.28 bits per heavy atom. The number of aromatic nitrogens is 1. The van der Waals surface area contributed by atoms with Crippen molar-refractivity contribution in [3.63, 3.8) is 0 Å². The summed E-state index contributed by atoms with van der Waals surface area (Å²) in [6, 6.07) is 1.82. The minimum atomic E-state index is -0.00647. The molecule has 0 aromatic carbocycles. The number of ether oxygens (including phenoxy) is 3. The Kier molecular flexibility index (Phi) is 8.97. The average Bonchev–Trinajstić information content (AvgIpc) is 2.84. The normalized spacial score (nSPS) is 21.4. The van der Waals surface area contributed by atoms with Gasteiger partial charge >= 0.3 is 0 Å². The quantitative estimate of drug-likeness (QED) is 0.568. The smallest absolute Gasteiger partial charge is 0.171 e. The second-order valence-electron chi connectivity index (χ2n) is 6.77. The van der Waals surface area contributed by atoms with Gasteiger partial charge in [-0.2, -0.15) is 0 Å². The zero-order chi connectivity index (χ0) is 19.0. The van der Waals surface area contributed by atoms with E-state index in [1.807, 2.05) is 26.8 Å². The van der Waals surface area contributed by atoms with Crippen LogP contribution in [0.2, 0.25) is 5.15 Å². The number of hydrogen-bond acceptors (Lipinski definition) is 5. The van der Waals surface area contributed by atoms with Crippen molar-refractivity contribution in [2.45, 2.75) is 66.0 Å². The van der Waals surface area contributed by atoms with Gasteiger partial charge in [-0.05, 0) is 25.2 Å². The fourth-order valence-corrected chi connectivity index (χ4v) is 3.04. The molecule has 1 aromatic rings. The van der Waals surface area contributed by atoms with Crippen LogP contribution < -0.4 is 15.2 Å². The maximum absolute atomic E-state index is 6.32. The first-order valence-electron chi connectivity index (χ1n) is 9.06. The minimum Gasteiger partial charge on any atom is -0.490 e. The lowest BCUT2D eigenvalue weighted by atomic mass is 9.88. The van der Waals surface area contributed by atoms with Crippen LogP contribution >= 0.6 is 11.6 Å². The van der Waals surface area contributed by atoms with Crippen molar-refractivity contribution in [3.05, 3.63) is 16.9 Å². The summed E-state index contributed by atoms with van der Waals surface area (Å²) in [4.78, 5) is 4.32. The number of nitrogens with zero attached hydrogens (tertiary/aromatic N) is 1.